The second kappa shape index (κ2) is 18.3. The Hall–Kier alpha value is -3.76. The first-order valence-corrected chi connectivity index (χ1v) is 23.8. The van der Waals surface area contributed by atoms with Crippen LogP contribution in [0.15, 0.2) is 57.2 Å². The topological polar surface area (TPSA) is 113 Å². The summed E-state index contributed by atoms with van der Waals surface area (Å²) in [5.41, 5.74) is 6.42. The van der Waals surface area contributed by atoms with E-state index < -0.39 is 0 Å². The molecule has 0 saturated carbocycles. The van der Waals surface area contributed by atoms with Gasteiger partial charge in [0.1, 0.15) is 0 Å². The molecule has 10 heteroatoms. The molecule has 2 N–H and O–H groups in total. The van der Waals surface area contributed by atoms with Gasteiger partial charge in [-0.25, -0.2) is 0 Å². The number of pyridine rings is 2. The molecule has 6 atom stereocenters. The molecule has 2 aliphatic heterocycles. The van der Waals surface area contributed by atoms with Crippen molar-refractivity contribution in [1.82, 2.24) is 29.6 Å². The van der Waals surface area contributed by atoms with Crippen LogP contribution in [0.3, 0.4) is 0 Å². The van der Waals surface area contributed by atoms with Crippen LogP contribution in [0.5, 0.6) is 0 Å². The highest BCUT2D eigenvalue weighted by Gasteiger charge is 2.58. The normalized spacial score (nSPS) is 27.8. The molecule has 10 nitrogen and oxygen atoms in total. The molecule has 0 unspecified atom stereocenters. The lowest BCUT2D eigenvalue weighted by Gasteiger charge is -2.59. The molecule has 2 aromatic rings. The number of amides is 2. The number of hydrogen-bond acceptors (Lipinski definition) is 6. The van der Waals surface area contributed by atoms with Crippen LogP contribution in [-0.2, 0) is 33.5 Å². The van der Waals surface area contributed by atoms with Gasteiger partial charge < -0.3 is 29.6 Å². The van der Waals surface area contributed by atoms with E-state index in [1.807, 2.05) is 12.1 Å². The van der Waals surface area contributed by atoms with Gasteiger partial charge in [0, 0.05) is 62.5 Å². The third-order valence-corrected chi connectivity index (χ3v) is 15.8. The van der Waals surface area contributed by atoms with Crippen LogP contribution in [0.2, 0.25) is 0 Å². The maximum atomic E-state index is 14.0. The first-order valence-electron chi connectivity index (χ1n) is 23.8. The Kier molecular flexibility index (Phi) is 13.1. The van der Waals surface area contributed by atoms with E-state index >= 15 is 0 Å². The summed E-state index contributed by atoms with van der Waals surface area (Å²) in [4.78, 5) is 68.0. The Bertz CT molecular complexity index is 1920. The summed E-state index contributed by atoms with van der Waals surface area (Å²) in [7, 11) is 4.32. The van der Waals surface area contributed by atoms with Gasteiger partial charge in [-0.15, -0.1) is 0 Å². The van der Waals surface area contributed by atoms with Crippen molar-refractivity contribution < 1.29 is 9.59 Å². The molecule has 2 fully saturated rings. The number of aromatic amines is 2. The molecular weight excluding hydrogens is 749 g/mol. The van der Waals surface area contributed by atoms with Crippen molar-refractivity contribution in [2.45, 2.75) is 141 Å². The second-order valence-corrected chi connectivity index (χ2v) is 19.9. The smallest absolute Gasteiger partial charge is 0.248 e. The number of allylic oxidation sites excluding steroid dienone is 2. The Balaban J connectivity index is 0.702. The number of carbonyl (C=O) groups excluding carboxylic acids is 2. The summed E-state index contributed by atoms with van der Waals surface area (Å²) >= 11 is 0. The van der Waals surface area contributed by atoms with Crippen LogP contribution < -0.4 is 11.1 Å². The van der Waals surface area contributed by atoms with E-state index in [0.717, 1.165) is 102 Å². The third-order valence-electron chi connectivity index (χ3n) is 15.8. The van der Waals surface area contributed by atoms with Gasteiger partial charge in [-0.05, 0) is 152 Å². The van der Waals surface area contributed by atoms with E-state index in [4.69, 9.17) is 0 Å². The summed E-state index contributed by atoms with van der Waals surface area (Å²) in [6.07, 6.45) is 23.6. The fourth-order valence-electron chi connectivity index (χ4n) is 13.2. The Morgan fingerprint density at radius 2 is 1.02 bits per heavy atom. The molecule has 4 heterocycles. The number of aromatic nitrogens is 2. The maximum Gasteiger partial charge on any atom is 0.248 e. The summed E-state index contributed by atoms with van der Waals surface area (Å²) < 4.78 is 0. The van der Waals surface area contributed by atoms with E-state index in [2.05, 4.69) is 69.7 Å². The van der Waals surface area contributed by atoms with Crippen molar-refractivity contribution >= 4 is 11.8 Å². The molecule has 4 aliphatic carbocycles. The number of unbranched alkanes of at least 4 members (excludes halogenated alkanes) is 7. The number of H-pyrrole nitrogens is 2. The first kappa shape index (κ1) is 42.9. The molecule has 2 saturated heterocycles. The van der Waals surface area contributed by atoms with E-state index in [9.17, 15) is 19.2 Å². The summed E-state index contributed by atoms with van der Waals surface area (Å²) in [6, 6.07) is 7.36. The number of nitrogens with one attached hydrogen (secondary N) is 2. The molecule has 2 aromatic heterocycles. The fourth-order valence-corrected chi connectivity index (χ4v) is 13.2. The molecule has 6 aliphatic rings. The van der Waals surface area contributed by atoms with Crippen LogP contribution in [0.4, 0.5) is 0 Å². The average Bonchev–Trinajstić information content (AvgIpc) is 3.21. The Morgan fingerprint density at radius 1 is 0.617 bits per heavy atom. The van der Waals surface area contributed by atoms with Gasteiger partial charge in [-0.2, -0.15) is 0 Å². The maximum absolute atomic E-state index is 14.0. The van der Waals surface area contributed by atoms with Gasteiger partial charge in [0.15, 0.2) is 0 Å². The zero-order valence-electron chi connectivity index (χ0n) is 37.2. The van der Waals surface area contributed by atoms with Gasteiger partial charge in [0.2, 0.25) is 22.9 Å². The average molecular weight is 821 g/mol. The zero-order valence-corrected chi connectivity index (χ0v) is 37.2. The lowest BCUT2D eigenvalue weighted by molar-refractivity contribution is -0.149. The minimum absolute atomic E-state index is 0.0478. The predicted octanol–water partition coefficient (Wildman–Crippen LogP) is 7.44. The lowest BCUT2D eigenvalue weighted by atomic mass is 9.56. The van der Waals surface area contributed by atoms with Crippen molar-refractivity contribution in [1.29, 1.82) is 0 Å². The predicted molar refractivity (Wildman–Crippen MR) is 239 cm³/mol. The van der Waals surface area contributed by atoms with Crippen LogP contribution in [-0.4, -0.2) is 94.7 Å². The van der Waals surface area contributed by atoms with Crippen molar-refractivity contribution in [3.05, 3.63) is 90.8 Å². The summed E-state index contributed by atoms with van der Waals surface area (Å²) in [5.74, 6) is 2.13. The van der Waals surface area contributed by atoms with Gasteiger partial charge in [0.25, 0.3) is 0 Å². The zero-order chi connectivity index (χ0) is 42.0. The van der Waals surface area contributed by atoms with Crippen LogP contribution in [0, 0.1) is 23.7 Å². The van der Waals surface area contributed by atoms with Crippen LogP contribution in [0.1, 0.15) is 139 Å². The Labute approximate surface area is 358 Å². The highest BCUT2D eigenvalue weighted by molar-refractivity contribution is 5.79. The minimum atomic E-state index is -0.325. The number of nitrogens with zero attached hydrogens (tertiary/aromatic N) is 4. The molecule has 0 spiro atoms. The number of hydrogen-bond donors (Lipinski definition) is 2. The molecular formula is C50H72N6O4. The number of piperidine rings is 2. The van der Waals surface area contributed by atoms with Gasteiger partial charge in [-0.1, -0.05) is 61.8 Å². The molecule has 326 valence electrons. The quantitative estimate of drug-likeness (QED) is 0.127. The van der Waals surface area contributed by atoms with Gasteiger partial charge >= 0.3 is 0 Å². The summed E-state index contributed by atoms with van der Waals surface area (Å²) in [6.45, 7) is 9.64. The third kappa shape index (κ3) is 8.41. The van der Waals surface area contributed by atoms with Gasteiger partial charge in [-0.3, -0.25) is 19.2 Å². The van der Waals surface area contributed by atoms with Crippen molar-refractivity contribution in [3.8, 4) is 0 Å². The van der Waals surface area contributed by atoms with Gasteiger partial charge in [0.05, 0.1) is 11.1 Å². The van der Waals surface area contributed by atoms with E-state index in [0.29, 0.717) is 36.5 Å². The van der Waals surface area contributed by atoms with Crippen molar-refractivity contribution in [2.75, 3.05) is 53.4 Å². The molecule has 8 rings (SSSR count). The molecule has 2 amide bonds. The van der Waals surface area contributed by atoms with Crippen molar-refractivity contribution in [2.24, 2.45) is 23.7 Å². The number of carbonyl (C=O) groups is 2. The van der Waals surface area contributed by atoms with Crippen molar-refractivity contribution in [3.63, 3.8) is 0 Å². The second-order valence-electron chi connectivity index (χ2n) is 19.9. The fraction of sp³-hybridized carbons (Fsp3) is 0.680. The summed E-state index contributed by atoms with van der Waals surface area (Å²) in [5, 5.41) is 0. The molecule has 0 radical (unpaired) electrons. The monoisotopic (exact) mass is 821 g/mol. The highest BCUT2D eigenvalue weighted by Crippen LogP contribution is 2.58. The first-order chi connectivity index (χ1) is 29.0. The highest BCUT2D eigenvalue weighted by atomic mass is 16.2. The van der Waals surface area contributed by atoms with E-state index in [1.165, 1.54) is 73.6 Å². The van der Waals surface area contributed by atoms with Crippen LogP contribution >= 0.6 is 0 Å². The number of likely N-dealkylation sites (tertiary alicyclic amines) is 2. The minimum Gasteiger partial charge on any atom is -0.332 e. The Morgan fingerprint density at radius 3 is 1.43 bits per heavy atom. The molecule has 0 aromatic carbocycles. The van der Waals surface area contributed by atoms with E-state index in [-0.39, 0.29) is 34.0 Å². The standard InChI is InChI=1S/C50H72N6O4/c1-35-29-37-31-43-41(17-19-45(57)51-43)49(33-35)39(37)15-13-25-55(49)47(59)21-27-53(3)23-11-9-7-5-6-8-10-12-24-54(4)28-22-48(60)56-26-14-16-40-38-30-36(2)34-50(40,56)42-18-20-46(58)52-44(42)32-38/h17-20,29-30,37-40H,5-16,21-28,31-34H2,1-4H3,(H,51,57)(H,52,58)/t37-,38-,39+,40+,49+,50+/m0/s1. The molecule has 60 heavy (non-hydrogen) atoms. The largest absolute Gasteiger partial charge is 0.332 e. The number of fused-ring (bicyclic) bond motifs is 2. The number of rotatable bonds is 17. The van der Waals surface area contributed by atoms with Crippen LogP contribution in [0.25, 0.3) is 0 Å². The lowest BCUT2D eigenvalue weighted by Crippen LogP contribution is -2.62. The SMILES string of the molecule is CC1=C[C@H]2Cc3[nH]c(=O)ccc3[C@@]3(C1)[C@@H]2CCCN3C(=O)CCN(C)CCCCCCCCCCN(C)CCC(=O)N1CCC[C@@H]2[C@H]3C=C(C)C[C@]21c1ccc(=O)[nH]c1C3. The van der Waals surface area contributed by atoms with E-state index in [1.54, 1.807) is 12.1 Å². The molecule has 4 bridgehead atoms.